The van der Waals surface area contributed by atoms with Crippen LogP contribution in [-0.4, -0.2) is 23.9 Å². The van der Waals surface area contributed by atoms with Crippen molar-refractivity contribution < 1.29 is 17.8 Å². The quantitative estimate of drug-likeness (QED) is 0.609. The molecule has 0 radical (unpaired) electrons. The van der Waals surface area contributed by atoms with Gasteiger partial charge in [0, 0.05) is 11.6 Å². The van der Waals surface area contributed by atoms with E-state index in [2.05, 4.69) is 0 Å². The molecule has 1 N–H and O–H groups in total. The molecule has 0 bridgehead atoms. The molecule has 1 aromatic heterocycles. The van der Waals surface area contributed by atoms with Crippen molar-refractivity contribution in [3.8, 4) is 0 Å². The van der Waals surface area contributed by atoms with E-state index in [0.29, 0.717) is 17.3 Å². The molecule has 0 atom stereocenters. The highest BCUT2D eigenvalue weighted by molar-refractivity contribution is 7.85. The van der Waals surface area contributed by atoms with E-state index in [4.69, 9.17) is 4.55 Å². The van der Waals surface area contributed by atoms with Crippen LogP contribution in [0.1, 0.15) is 0 Å². The summed E-state index contributed by atoms with van der Waals surface area (Å²) in [6, 6.07) is 5.62. The Balaban J connectivity index is 2.74. The third-order valence-electron chi connectivity index (χ3n) is 2.10. The van der Waals surface area contributed by atoms with Gasteiger partial charge >= 0.3 is 0 Å². The topological polar surface area (TPSA) is 76.4 Å². The number of aromatic nitrogens is 1. The van der Waals surface area contributed by atoms with Crippen LogP contribution in [0.4, 0.5) is 0 Å². The second-order valence-electron chi connectivity index (χ2n) is 3.02. The zero-order valence-electron chi connectivity index (χ0n) is 7.49. The van der Waals surface area contributed by atoms with Gasteiger partial charge in [0.15, 0.2) is 0 Å². The maximum atomic E-state index is 10.8. The Kier molecular flexibility index (Phi) is 2.09. The normalized spacial score (nSPS) is 11.8. The molecular formula is C9H7NO4S. The number of benzene rings is 1. The van der Waals surface area contributed by atoms with Gasteiger partial charge < -0.3 is 0 Å². The number of fused-ring (bicyclic) bond motifs is 1. The smallest absolute Gasteiger partial charge is 0.290 e. The molecular weight excluding hydrogens is 218 g/mol. The van der Waals surface area contributed by atoms with Crippen molar-refractivity contribution in [3.63, 3.8) is 0 Å². The van der Waals surface area contributed by atoms with Gasteiger partial charge in [0.25, 0.3) is 10.1 Å². The average Bonchev–Trinajstić information content (AvgIpc) is 2.58. The third-order valence-corrected chi connectivity index (χ3v) is 2.95. The number of carbonyl (C=O) groups excluding carboxylic acids is 1. The van der Waals surface area contributed by atoms with Crippen molar-refractivity contribution in [2.24, 2.45) is 0 Å². The van der Waals surface area contributed by atoms with Gasteiger partial charge in [-0.05, 0) is 24.3 Å². The molecule has 0 amide bonds. The molecule has 0 fully saturated rings. The summed E-state index contributed by atoms with van der Waals surface area (Å²) in [5, 5.41) is 0.581. The van der Waals surface area contributed by atoms with Crippen molar-refractivity contribution in [2.75, 3.05) is 0 Å². The molecule has 1 aromatic carbocycles. The van der Waals surface area contributed by atoms with Crippen LogP contribution in [0.2, 0.25) is 0 Å². The first-order valence-corrected chi connectivity index (χ1v) is 5.50. The van der Waals surface area contributed by atoms with Crippen molar-refractivity contribution >= 4 is 27.4 Å². The molecule has 6 heteroatoms. The van der Waals surface area contributed by atoms with Crippen LogP contribution >= 0.6 is 0 Å². The van der Waals surface area contributed by atoms with E-state index >= 15 is 0 Å². The Morgan fingerprint density at radius 3 is 2.60 bits per heavy atom. The summed E-state index contributed by atoms with van der Waals surface area (Å²) in [5.74, 6) is 0. The van der Waals surface area contributed by atoms with Crippen molar-refractivity contribution in [3.05, 3.63) is 30.5 Å². The molecule has 78 valence electrons. The lowest BCUT2D eigenvalue weighted by Gasteiger charge is -1.98. The monoisotopic (exact) mass is 225 g/mol. The van der Waals surface area contributed by atoms with Gasteiger partial charge in [0.2, 0.25) is 6.41 Å². The number of carbonyl (C=O) groups is 1. The lowest BCUT2D eigenvalue weighted by atomic mass is 10.2. The Morgan fingerprint density at radius 2 is 2.00 bits per heavy atom. The summed E-state index contributed by atoms with van der Waals surface area (Å²) in [6.07, 6.45) is 2.14. The summed E-state index contributed by atoms with van der Waals surface area (Å²) < 4.78 is 31.8. The first-order chi connectivity index (χ1) is 7.02. The SMILES string of the molecule is O=Cn1ccc2cc(S(=O)(=O)O)ccc21. The fourth-order valence-electron chi connectivity index (χ4n) is 1.39. The summed E-state index contributed by atoms with van der Waals surface area (Å²) in [7, 11) is -4.19. The minimum absolute atomic E-state index is 0.182. The van der Waals surface area contributed by atoms with Gasteiger partial charge in [-0.1, -0.05) is 0 Å². The second kappa shape index (κ2) is 3.18. The van der Waals surface area contributed by atoms with Crippen molar-refractivity contribution in [1.29, 1.82) is 0 Å². The number of rotatable bonds is 2. The highest BCUT2D eigenvalue weighted by atomic mass is 32.2. The third kappa shape index (κ3) is 1.64. The standard InChI is InChI=1S/C9H7NO4S/c11-6-10-4-3-7-5-8(15(12,13)14)1-2-9(7)10/h1-6H,(H,12,13,14). The first-order valence-electron chi connectivity index (χ1n) is 4.06. The van der Waals surface area contributed by atoms with E-state index in [1.165, 1.54) is 29.0 Å². The van der Waals surface area contributed by atoms with E-state index in [9.17, 15) is 13.2 Å². The lowest BCUT2D eigenvalue weighted by molar-refractivity contribution is 0.483. The van der Waals surface area contributed by atoms with Crippen LogP contribution in [-0.2, 0) is 14.9 Å². The van der Waals surface area contributed by atoms with Gasteiger partial charge in [-0.2, -0.15) is 8.42 Å². The zero-order valence-corrected chi connectivity index (χ0v) is 8.31. The largest absolute Gasteiger partial charge is 0.294 e. The van der Waals surface area contributed by atoms with E-state index < -0.39 is 10.1 Å². The molecule has 1 heterocycles. The summed E-state index contributed by atoms with van der Waals surface area (Å²) in [4.78, 5) is 10.4. The zero-order chi connectivity index (χ0) is 11.1. The fourth-order valence-corrected chi connectivity index (χ4v) is 1.91. The predicted octanol–water partition coefficient (Wildman–Crippen LogP) is 0.926. The molecule has 2 aromatic rings. The van der Waals surface area contributed by atoms with Crippen LogP contribution in [0.25, 0.3) is 10.9 Å². The molecule has 0 unspecified atom stereocenters. The Bertz CT molecular complexity index is 627. The lowest BCUT2D eigenvalue weighted by Crippen LogP contribution is -1.98. The maximum absolute atomic E-state index is 10.8. The van der Waals surface area contributed by atoms with Crippen LogP contribution in [0, 0.1) is 0 Å². The minimum Gasteiger partial charge on any atom is -0.290 e. The Morgan fingerprint density at radius 1 is 1.27 bits per heavy atom. The molecule has 15 heavy (non-hydrogen) atoms. The fraction of sp³-hybridized carbons (Fsp3) is 0. The van der Waals surface area contributed by atoms with Crippen molar-refractivity contribution in [1.82, 2.24) is 4.57 Å². The van der Waals surface area contributed by atoms with E-state index in [1.54, 1.807) is 6.07 Å². The van der Waals surface area contributed by atoms with Gasteiger partial charge in [-0.25, -0.2) is 0 Å². The highest BCUT2D eigenvalue weighted by Gasteiger charge is 2.10. The van der Waals surface area contributed by atoms with Crippen molar-refractivity contribution in [2.45, 2.75) is 4.90 Å². The van der Waals surface area contributed by atoms with Crippen LogP contribution in [0.3, 0.4) is 0 Å². The summed E-state index contributed by atoms with van der Waals surface area (Å²) in [5.41, 5.74) is 0.595. The molecule has 0 aliphatic rings. The van der Waals surface area contributed by atoms with Gasteiger partial charge in [-0.15, -0.1) is 0 Å². The van der Waals surface area contributed by atoms with Crippen LogP contribution in [0.15, 0.2) is 35.4 Å². The average molecular weight is 225 g/mol. The van der Waals surface area contributed by atoms with E-state index in [0.717, 1.165) is 0 Å². The maximum Gasteiger partial charge on any atom is 0.294 e. The summed E-state index contributed by atoms with van der Waals surface area (Å²) in [6.45, 7) is 0. The highest BCUT2D eigenvalue weighted by Crippen LogP contribution is 2.19. The molecule has 5 nitrogen and oxygen atoms in total. The van der Waals surface area contributed by atoms with Gasteiger partial charge in [0.1, 0.15) is 0 Å². The van der Waals surface area contributed by atoms with Gasteiger partial charge in [0.05, 0.1) is 10.4 Å². The molecule has 0 saturated heterocycles. The second-order valence-corrected chi connectivity index (χ2v) is 4.45. The van der Waals surface area contributed by atoms with E-state index in [-0.39, 0.29) is 4.90 Å². The van der Waals surface area contributed by atoms with Gasteiger partial charge in [-0.3, -0.25) is 13.9 Å². The number of hydrogen-bond donors (Lipinski definition) is 1. The van der Waals surface area contributed by atoms with E-state index in [1.807, 2.05) is 0 Å². The molecule has 0 saturated carbocycles. The Hall–Kier alpha value is -1.66. The summed E-state index contributed by atoms with van der Waals surface area (Å²) >= 11 is 0. The molecule has 0 spiro atoms. The predicted molar refractivity (Wildman–Crippen MR) is 53.9 cm³/mol. The number of hydrogen-bond acceptors (Lipinski definition) is 3. The molecule has 2 rings (SSSR count). The Labute approximate surface area is 85.7 Å². The molecule has 0 aliphatic heterocycles. The van der Waals surface area contributed by atoms with Crippen LogP contribution in [0.5, 0.6) is 0 Å². The number of nitrogens with zero attached hydrogens (tertiary/aromatic N) is 1. The van der Waals surface area contributed by atoms with Crippen LogP contribution < -0.4 is 0 Å². The minimum atomic E-state index is -4.19. The first kappa shape index (κ1) is 9.88. The molecule has 0 aliphatic carbocycles.